The van der Waals surface area contributed by atoms with Gasteiger partial charge in [0.2, 0.25) is 17.7 Å². The number of rotatable bonds is 6. The Kier molecular flexibility index (Phi) is 8.22. The summed E-state index contributed by atoms with van der Waals surface area (Å²) >= 11 is 2.35. The van der Waals surface area contributed by atoms with Crippen molar-refractivity contribution < 1.29 is 28.7 Å². The summed E-state index contributed by atoms with van der Waals surface area (Å²) in [6.45, 7) is 6.41. The summed E-state index contributed by atoms with van der Waals surface area (Å²) in [6.07, 6.45) is 2.43. The fourth-order valence-corrected chi connectivity index (χ4v) is 6.36. The summed E-state index contributed by atoms with van der Waals surface area (Å²) in [4.78, 5) is 68.4. The quantitative estimate of drug-likeness (QED) is 0.518. The van der Waals surface area contributed by atoms with Crippen LogP contribution in [0.4, 0.5) is 11.4 Å². The molecule has 4 rings (SSSR count). The third kappa shape index (κ3) is 5.60. The Morgan fingerprint density at radius 3 is 1.89 bits per heavy atom. The highest BCUT2D eigenvalue weighted by molar-refractivity contribution is 7.13. The minimum Gasteiger partial charge on any atom is -0.465 e. The topological polar surface area (TPSA) is 125 Å². The number of thiophene rings is 2. The Bertz CT molecular complexity index is 1250. The first-order valence-electron chi connectivity index (χ1n) is 12.5. The second kappa shape index (κ2) is 11.2. The number of hydrogen-bond acceptors (Lipinski definition) is 8. The number of ether oxygens (including phenoxy) is 1. The van der Waals surface area contributed by atoms with E-state index in [2.05, 4.69) is 10.6 Å². The number of nitrogens with one attached hydrogen (secondary N) is 2. The molecule has 0 aliphatic carbocycles. The van der Waals surface area contributed by atoms with Crippen LogP contribution in [-0.4, -0.2) is 71.7 Å². The Morgan fingerprint density at radius 1 is 0.842 bits per heavy atom. The lowest BCUT2D eigenvalue weighted by molar-refractivity contribution is -0.143. The Balaban J connectivity index is 1.46. The molecule has 2 N–H and O–H groups in total. The molecule has 2 atom stereocenters. The van der Waals surface area contributed by atoms with E-state index >= 15 is 0 Å². The van der Waals surface area contributed by atoms with Gasteiger partial charge in [-0.2, -0.15) is 0 Å². The number of hydrogen-bond donors (Lipinski definition) is 2. The van der Waals surface area contributed by atoms with Gasteiger partial charge in [0, 0.05) is 18.5 Å². The van der Waals surface area contributed by atoms with E-state index in [1.165, 1.54) is 23.3 Å². The Labute approximate surface area is 229 Å². The predicted octanol–water partition coefficient (Wildman–Crippen LogP) is 3.82. The van der Waals surface area contributed by atoms with Crippen molar-refractivity contribution in [3.05, 3.63) is 32.6 Å². The smallest absolute Gasteiger partial charge is 0.350 e. The predicted molar refractivity (Wildman–Crippen MR) is 145 cm³/mol. The first-order valence-corrected chi connectivity index (χ1v) is 14.3. The van der Waals surface area contributed by atoms with E-state index in [0.717, 1.165) is 17.8 Å². The van der Waals surface area contributed by atoms with E-state index in [0.29, 0.717) is 48.6 Å². The van der Waals surface area contributed by atoms with Crippen LogP contribution in [0, 0.1) is 5.41 Å². The fraction of sp³-hybridized carbons (Fsp3) is 0.500. The summed E-state index contributed by atoms with van der Waals surface area (Å²) in [5, 5.41) is 9.02. The van der Waals surface area contributed by atoms with Gasteiger partial charge in [-0.1, -0.05) is 20.8 Å². The molecular weight excluding hydrogens is 528 g/mol. The van der Waals surface area contributed by atoms with E-state index < -0.39 is 23.5 Å². The molecule has 0 aromatic carbocycles. The molecule has 2 aliphatic heterocycles. The van der Waals surface area contributed by atoms with Gasteiger partial charge < -0.3 is 25.2 Å². The molecule has 10 nitrogen and oxygen atoms in total. The second-order valence-electron chi connectivity index (χ2n) is 10.4. The zero-order valence-corrected chi connectivity index (χ0v) is 23.5. The fourth-order valence-electron chi connectivity index (χ4n) is 4.79. The van der Waals surface area contributed by atoms with Crippen LogP contribution in [0.3, 0.4) is 0 Å². The summed E-state index contributed by atoms with van der Waals surface area (Å²) in [5.41, 5.74) is 0.122. The minimum atomic E-state index is -0.715. The monoisotopic (exact) mass is 560 g/mol. The van der Waals surface area contributed by atoms with Crippen molar-refractivity contribution in [1.82, 2.24) is 9.80 Å². The lowest BCUT2D eigenvalue weighted by Crippen LogP contribution is -2.47. The molecule has 4 amide bonds. The van der Waals surface area contributed by atoms with Crippen LogP contribution in [0.2, 0.25) is 0 Å². The van der Waals surface area contributed by atoms with E-state index in [9.17, 15) is 24.0 Å². The highest BCUT2D eigenvalue weighted by Gasteiger charge is 2.40. The molecule has 2 aliphatic rings. The summed E-state index contributed by atoms with van der Waals surface area (Å²) in [6, 6.07) is 1.98. The maximum Gasteiger partial charge on any atom is 0.350 e. The summed E-state index contributed by atoms with van der Waals surface area (Å²) in [7, 11) is 1.27. The van der Waals surface area contributed by atoms with E-state index in [1.54, 1.807) is 27.8 Å². The van der Waals surface area contributed by atoms with Gasteiger partial charge in [0.1, 0.15) is 21.8 Å². The van der Waals surface area contributed by atoms with E-state index in [1.807, 2.05) is 20.8 Å². The van der Waals surface area contributed by atoms with Crippen molar-refractivity contribution in [1.29, 1.82) is 0 Å². The van der Waals surface area contributed by atoms with E-state index in [-0.39, 0.29) is 28.5 Å². The van der Waals surface area contributed by atoms with Crippen molar-refractivity contribution in [3.8, 4) is 0 Å². The van der Waals surface area contributed by atoms with Crippen LogP contribution in [0.5, 0.6) is 0 Å². The average Bonchev–Trinajstić information content (AvgIpc) is 3.68. The molecule has 0 saturated carbocycles. The SMILES string of the molecule is COC(=O)c1sccc1NC(=O)[C@@H]1CCCN1C(=O)c1sccc1NC(=O)[C@@H]1CCCN1C(=O)C(C)(C)C. The zero-order valence-electron chi connectivity index (χ0n) is 21.9. The van der Waals surface area contributed by atoms with Gasteiger partial charge in [0.15, 0.2) is 0 Å². The molecule has 0 radical (unpaired) electrons. The third-order valence-corrected chi connectivity index (χ3v) is 8.48. The van der Waals surface area contributed by atoms with Crippen molar-refractivity contribution >= 4 is 63.6 Å². The molecule has 0 spiro atoms. The molecule has 2 aromatic rings. The van der Waals surface area contributed by atoms with Gasteiger partial charge >= 0.3 is 5.97 Å². The second-order valence-corrected chi connectivity index (χ2v) is 12.2. The van der Waals surface area contributed by atoms with Crippen LogP contribution >= 0.6 is 22.7 Å². The van der Waals surface area contributed by atoms with Crippen molar-refractivity contribution in [2.45, 2.75) is 58.5 Å². The highest BCUT2D eigenvalue weighted by Crippen LogP contribution is 2.31. The molecular formula is C26H32N4O6S2. The number of amides is 4. The average molecular weight is 561 g/mol. The third-order valence-electron chi connectivity index (χ3n) is 6.69. The lowest BCUT2D eigenvalue weighted by Gasteiger charge is -2.30. The van der Waals surface area contributed by atoms with E-state index in [4.69, 9.17) is 4.74 Å². The van der Waals surface area contributed by atoms with Crippen LogP contribution in [0.1, 0.15) is 65.8 Å². The number of anilines is 2. The molecule has 2 saturated heterocycles. The number of nitrogens with zero attached hydrogens (tertiary/aromatic N) is 2. The van der Waals surface area contributed by atoms with Crippen molar-refractivity contribution in [2.24, 2.45) is 5.41 Å². The van der Waals surface area contributed by atoms with Gasteiger partial charge in [0.05, 0.1) is 18.5 Å². The standard InChI is InChI=1S/C26H32N4O6S2/c1-26(2,3)25(35)30-12-6-8-18(30)22(32)27-15-9-13-37-19(15)23(33)29-11-5-7-17(29)21(31)28-16-10-14-38-20(16)24(34)36-4/h9-10,13-14,17-18H,5-8,11-12H2,1-4H3,(H,27,32)(H,28,31)/t17-,18-/m0/s1. The molecule has 12 heteroatoms. The Hall–Kier alpha value is -3.25. The van der Waals surface area contributed by atoms with Gasteiger partial charge in [0.25, 0.3) is 5.91 Å². The maximum absolute atomic E-state index is 13.5. The first-order chi connectivity index (χ1) is 18.0. The normalized spacial score (nSPS) is 19.4. The number of carbonyl (C=O) groups is 5. The van der Waals surface area contributed by atoms with Gasteiger partial charge in [-0.05, 0) is 48.6 Å². The van der Waals surface area contributed by atoms with Crippen LogP contribution in [-0.2, 0) is 19.1 Å². The summed E-state index contributed by atoms with van der Waals surface area (Å²) in [5.74, 6) is -1.68. The van der Waals surface area contributed by atoms with Gasteiger partial charge in [-0.25, -0.2) is 4.79 Å². The molecule has 0 unspecified atom stereocenters. The molecule has 4 heterocycles. The van der Waals surface area contributed by atoms with Crippen LogP contribution in [0.15, 0.2) is 22.9 Å². The zero-order chi connectivity index (χ0) is 27.6. The number of likely N-dealkylation sites (tertiary alicyclic amines) is 2. The Morgan fingerprint density at radius 2 is 1.34 bits per heavy atom. The molecule has 2 aromatic heterocycles. The van der Waals surface area contributed by atoms with Crippen molar-refractivity contribution in [2.75, 3.05) is 30.8 Å². The molecule has 0 bridgehead atoms. The molecule has 204 valence electrons. The summed E-state index contributed by atoms with van der Waals surface area (Å²) < 4.78 is 4.77. The van der Waals surface area contributed by atoms with Crippen LogP contribution in [0.25, 0.3) is 0 Å². The highest BCUT2D eigenvalue weighted by atomic mass is 32.1. The molecule has 2 fully saturated rings. The maximum atomic E-state index is 13.5. The largest absolute Gasteiger partial charge is 0.465 e. The number of esters is 1. The number of carbonyl (C=O) groups excluding carboxylic acids is 5. The number of methoxy groups -OCH3 is 1. The van der Waals surface area contributed by atoms with Gasteiger partial charge in [-0.3, -0.25) is 19.2 Å². The minimum absolute atomic E-state index is 0.0799. The molecule has 38 heavy (non-hydrogen) atoms. The first kappa shape index (κ1) is 27.8. The van der Waals surface area contributed by atoms with Crippen LogP contribution < -0.4 is 10.6 Å². The van der Waals surface area contributed by atoms with Crippen molar-refractivity contribution in [3.63, 3.8) is 0 Å². The lowest BCUT2D eigenvalue weighted by atomic mass is 9.94. The van der Waals surface area contributed by atoms with Gasteiger partial charge in [-0.15, -0.1) is 22.7 Å².